The zero-order valence-electron chi connectivity index (χ0n) is 18.1. The molecule has 7 nitrogen and oxygen atoms in total. The van der Waals surface area contributed by atoms with E-state index in [-0.39, 0.29) is 35.9 Å². The number of aromatic nitrogens is 2. The van der Waals surface area contributed by atoms with Gasteiger partial charge in [0.1, 0.15) is 23.4 Å². The van der Waals surface area contributed by atoms with Crippen molar-refractivity contribution in [1.29, 1.82) is 0 Å². The smallest absolute Gasteiger partial charge is 0.194 e. The van der Waals surface area contributed by atoms with E-state index in [1.807, 2.05) is 43.7 Å². The van der Waals surface area contributed by atoms with E-state index in [0.717, 1.165) is 30.2 Å². The van der Waals surface area contributed by atoms with Gasteiger partial charge in [-0.15, -0.1) is 24.0 Å². The van der Waals surface area contributed by atoms with Gasteiger partial charge in [0.25, 0.3) is 0 Å². The van der Waals surface area contributed by atoms with Gasteiger partial charge < -0.3 is 19.7 Å². The lowest BCUT2D eigenvalue weighted by molar-refractivity contribution is -0.00805. The lowest BCUT2D eigenvalue weighted by Gasteiger charge is -2.34. The number of hydrogen-bond acceptors (Lipinski definition) is 4. The summed E-state index contributed by atoms with van der Waals surface area (Å²) in [7, 11) is 3.69. The van der Waals surface area contributed by atoms with Crippen molar-refractivity contribution in [2.75, 3.05) is 26.7 Å². The van der Waals surface area contributed by atoms with E-state index in [9.17, 15) is 4.39 Å². The number of hydrogen-bond donors (Lipinski definition) is 1. The Morgan fingerprint density at radius 2 is 1.88 bits per heavy atom. The van der Waals surface area contributed by atoms with Gasteiger partial charge in [-0.2, -0.15) is 5.10 Å². The molecule has 32 heavy (non-hydrogen) atoms. The zero-order valence-corrected chi connectivity index (χ0v) is 20.4. The van der Waals surface area contributed by atoms with E-state index in [2.05, 4.69) is 20.3 Å². The summed E-state index contributed by atoms with van der Waals surface area (Å²) < 4.78 is 26.5. The largest absolute Gasteiger partial charge is 0.457 e. The van der Waals surface area contributed by atoms with E-state index in [1.165, 1.54) is 12.1 Å². The molecular weight excluding hydrogens is 524 g/mol. The number of morpholine rings is 1. The lowest BCUT2D eigenvalue weighted by Crippen LogP contribution is -2.47. The van der Waals surface area contributed by atoms with Crippen LogP contribution in [0.25, 0.3) is 0 Å². The Labute approximate surface area is 204 Å². The van der Waals surface area contributed by atoms with Crippen LogP contribution in [0.5, 0.6) is 11.5 Å². The van der Waals surface area contributed by atoms with E-state index < -0.39 is 0 Å². The Kier molecular flexibility index (Phi) is 8.46. The van der Waals surface area contributed by atoms with Crippen molar-refractivity contribution < 1.29 is 13.9 Å². The third kappa shape index (κ3) is 6.19. The quantitative estimate of drug-likeness (QED) is 0.294. The first-order valence-electron chi connectivity index (χ1n) is 10.2. The van der Waals surface area contributed by atoms with Crippen molar-refractivity contribution >= 4 is 29.9 Å². The monoisotopic (exact) mass is 551 g/mol. The summed E-state index contributed by atoms with van der Waals surface area (Å²) in [5, 5.41) is 7.67. The van der Waals surface area contributed by atoms with Crippen LogP contribution >= 0.6 is 24.0 Å². The van der Waals surface area contributed by atoms with Crippen LogP contribution in [0, 0.1) is 5.82 Å². The normalized spacial score (nSPS) is 16.4. The first-order chi connectivity index (χ1) is 15.1. The van der Waals surface area contributed by atoms with Gasteiger partial charge in [-0.3, -0.25) is 9.67 Å². The molecule has 3 aromatic rings. The molecule has 0 radical (unpaired) electrons. The number of guanidine groups is 1. The molecule has 0 spiro atoms. The van der Waals surface area contributed by atoms with Gasteiger partial charge >= 0.3 is 0 Å². The Morgan fingerprint density at radius 1 is 1.19 bits per heavy atom. The van der Waals surface area contributed by atoms with Crippen LogP contribution in [0.4, 0.5) is 4.39 Å². The van der Waals surface area contributed by atoms with Gasteiger partial charge in [-0.1, -0.05) is 12.1 Å². The van der Waals surface area contributed by atoms with Gasteiger partial charge in [0.15, 0.2) is 5.96 Å². The highest BCUT2D eigenvalue weighted by molar-refractivity contribution is 14.0. The number of aliphatic imine (C=N–C) groups is 1. The highest BCUT2D eigenvalue weighted by Crippen LogP contribution is 2.23. The van der Waals surface area contributed by atoms with Crippen molar-refractivity contribution in [1.82, 2.24) is 20.0 Å². The van der Waals surface area contributed by atoms with Crippen molar-refractivity contribution in [2.24, 2.45) is 12.0 Å². The molecule has 0 aliphatic carbocycles. The van der Waals surface area contributed by atoms with Crippen LogP contribution < -0.4 is 10.1 Å². The standard InChI is InChI=1S/C23H26FN5O2.HI/c1-25-23(29-11-12-30-22(16-29)18-14-27-28(2)15-18)26-13-17-3-7-20(8-4-17)31-21-9-5-19(24)6-10-21;/h3-10,14-15,22H,11-13,16H2,1-2H3,(H,25,26);1H. The molecule has 1 aromatic heterocycles. The minimum atomic E-state index is -0.283. The first kappa shape index (κ1) is 24.0. The highest BCUT2D eigenvalue weighted by atomic mass is 127. The molecule has 1 fully saturated rings. The number of benzene rings is 2. The second-order valence-electron chi connectivity index (χ2n) is 7.35. The van der Waals surface area contributed by atoms with Crippen LogP contribution in [0.15, 0.2) is 65.9 Å². The fourth-order valence-corrected chi connectivity index (χ4v) is 3.48. The molecule has 2 aromatic carbocycles. The molecule has 1 atom stereocenters. The minimum Gasteiger partial charge on any atom is -0.457 e. The van der Waals surface area contributed by atoms with E-state index in [4.69, 9.17) is 9.47 Å². The summed E-state index contributed by atoms with van der Waals surface area (Å²) in [6, 6.07) is 13.8. The summed E-state index contributed by atoms with van der Waals surface area (Å²) in [5.41, 5.74) is 2.17. The van der Waals surface area contributed by atoms with Crippen LogP contribution in [0.2, 0.25) is 0 Å². The molecular formula is C23H27FIN5O2. The van der Waals surface area contributed by atoms with Crippen molar-refractivity contribution in [3.63, 3.8) is 0 Å². The minimum absolute atomic E-state index is 0. The molecule has 1 aliphatic heterocycles. The summed E-state index contributed by atoms with van der Waals surface area (Å²) in [6.45, 7) is 2.77. The van der Waals surface area contributed by atoms with Gasteiger partial charge in [-0.25, -0.2) is 4.39 Å². The van der Waals surface area contributed by atoms with Crippen LogP contribution in [0.3, 0.4) is 0 Å². The fraction of sp³-hybridized carbons (Fsp3) is 0.304. The maximum Gasteiger partial charge on any atom is 0.194 e. The van der Waals surface area contributed by atoms with Gasteiger partial charge in [-0.05, 0) is 42.0 Å². The third-order valence-corrected chi connectivity index (χ3v) is 5.10. The average Bonchev–Trinajstić information content (AvgIpc) is 3.23. The maximum absolute atomic E-state index is 13.0. The Balaban J connectivity index is 0.00000289. The Morgan fingerprint density at radius 3 is 2.50 bits per heavy atom. The molecule has 0 saturated carbocycles. The molecule has 2 heterocycles. The Hall–Kier alpha value is -2.66. The number of nitrogens with one attached hydrogen (secondary N) is 1. The topological polar surface area (TPSA) is 63.9 Å². The Bertz CT molecular complexity index is 1020. The van der Waals surface area contributed by atoms with Crippen LogP contribution in [-0.4, -0.2) is 47.4 Å². The summed E-state index contributed by atoms with van der Waals surface area (Å²) in [5.74, 6) is 1.86. The van der Waals surface area contributed by atoms with Crippen LogP contribution in [0.1, 0.15) is 17.2 Å². The average molecular weight is 551 g/mol. The molecule has 1 aliphatic rings. The van der Waals surface area contributed by atoms with E-state index in [0.29, 0.717) is 24.7 Å². The highest BCUT2D eigenvalue weighted by Gasteiger charge is 2.25. The summed E-state index contributed by atoms with van der Waals surface area (Å²) >= 11 is 0. The van der Waals surface area contributed by atoms with E-state index in [1.54, 1.807) is 23.9 Å². The number of nitrogens with zero attached hydrogens (tertiary/aromatic N) is 4. The SMILES string of the molecule is CN=C(NCc1ccc(Oc2ccc(F)cc2)cc1)N1CCOC(c2cnn(C)c2)C1.I. The zero-order chi connectivity index (χ0) is 21.6. The van der Waals surface area contributed by atoms with E-state index >= 15 is 0 Å². The van der Waals surface area contributed by atoms with Crippen molar-refractivity contribution in [3.05, 3.63) is 77.9 Å². The molecule has 1 unspecified atom stereocenters. The molecule has 170 valence electrons. The van der Waals surface area contributed by atoms with Crippen molar-refractivity contribution in [2.45, 2.75) is 12.6 Å². The second kappa shape index (κ2) is 11.3. The maximum atomic E-state index is 13.0. The van der Waals surface area contributed by atoms with Crippen molar-refractivity contribution in [3.8, 4) is 11.5 Å². The van der Waals surface area contributed by atoms with Gasteiger partial charge in [0, 0.05) is 38.9 Å². The first-order valence-corrected chi connectivity index (χ1v) is 10.2. The molecule has 4 rings (SSSR count). The molecule has 0 bridgehead atoms. The van der Waals surface area contributed by atoms with Gasteiger partial charge in [0.2, 0.25) is 0 Å². The molecule has 9 heteroatoms. The summed E-state index contributed by atoms with van der Waals surface area (Å²) in [4.78, 5) is 6.64. The molecule has 1 N–H and O–H groups in total. The molecule has 0 amide bonds. The molecule has 1 saturated heterocycles. The third-order valence-electron chi connectivity index (χ3n) is 5.10. The van der Waals surface area contributed by atoms with Crippen LogP contribution in [-0.2, 0) is 18.3 Å². The number of ether oxygens (including phenoxy) is 2. The summed E-state index contributed by atoms with van der Waals surface area (Å²) in [6.07, 6.45) is 3.81. The van der Waals surface area contributed by atoms with Gasteiger partial charge in [0.05, 0.1) is 19.3 Å². The number of rotatable bonds is 5. The second-order valence-corrected chi connectivity index (χ2v) is 7.35. The lowest BCUT2D eigenvalue weighted by atomic mass is 10.1. The fourth-order valence-electron chi connectivity index (χ4n) is 3.48. The predicted octanol–water partition coefficient (Wildman–Crippen LogP) is 4.12. The number of aryl methyl sites for hydroxylation is 1. The number of halogens is 2. The predicted molar refractivity (Wildman–Crippen MR) is 132 cm³/mol.